The molecular formula is C19H26O4. The lowest BCUT2D eigenvalue weighted by atomic mass is 9.53. The highest BCUT2D eigenvalue weighted by Crippen LogP contribution is 2.58. The molecule has 0 amide bonds. The van der Waals surface area contributed by atoms with Crippen molar-refractivity contribution in [3.8, 4) is 0 Å². The molecule has 2 aliphatic rings. The molecule has 3 rings (SSSR count). The maximum absolute atomic E-state index is 12.6. The highest BCUT2D eigenvalue weighted by molar-refractivity contribution is 5.84. The summed E-state index contributed by atoms with van der Waals surface area (Å²) in [7, 11) is 0. The largest absolute Gasteiger partial charge is 0.469 e. The van der Waals surface area contributed by atoms with Crippen LogP contribution in [0.4, 0.5) is 0 Å². The normalized spacial score (nSPS) is 33.3. The molecule has 0 radical (unpaired) electrons. The van der Waals surface area contributed by atoms with Crippen LogP contribution in [0.25, 0.3) is 0 Å². The van der Waals surface area contributed by atoms with E-state index in [9.17, 15) is 9.59 Å². The molecule has 1 heterocycles. The fourth-order valence-electron chi connectivity index (χ4n) is 4.26. The van der Waals surface area contributed by atoms with Crippen molar-refractivity contribution in [2.45, 2.75) is 60.0 Å². The van der Waals surface area contributed by atoms with Gasteiger partial charge < -0.3 is 9.15 Å². The van der Waals surface area contributed by atoms with Crippen LogP contribution in [-0.4, -0.2) is 11.8 Å². The summed E-state index contributed by atoms with van der Waals surface area (Å²) in [5, 5.41) is 0. The summed E-state index contributed by atoms with van der Waals surface area (Å²) in [5.74, 6) is 0.870. The molecule has 0 aromatic carbocycles. The third-order valence-corrected chi connectivity index (χ3v) is 6.05. The Bertz CT molecular complexity index is 642. The fourth-order valence-corrected chi connectivity index (χ4v) is 4.26. The number of Topliss-reactive ketones (excluding diaryl/α,β-unsaturated/α-hetero) is 1. The highest BCUT2D eigenvalue weighted by atomic mass is 16.5. The molecule has 0 N–H and O–H groups in total. The molecular weight excluding hydrogens is 292 g/mol. The molecule has 0 aliphatic heterocycles. The average Bonchev–Trinajstić information content (AvgIpc) is 2.86. The van der Waals surface area contributed by atoms with E-state index >= 15 is 0 Å². The minimum Gasteiger partial charge on any atom is -0.469 e. The van der Waals surface area contributed by atoms with Gasteiger partial charge in [-0.1, -0.05) is 27.7 Å². The van der Waals surface area contributed by atoms with E-state index in [1.165, 1.54) is 0 Å². The first-order valence-corrected chi connectivity index (χ1v) is 8.56. The van der Waals surface area contributed by atoms with Gasteiger partial charge in [-0.2, -0.15) is 0 Å². The fraction of sp³-hybridized carbons (Fsp3) is 0.684. The first-order valence-electron chi connectivity index (χ1n) is 8.56. The molecule has 2 aliphatic carbocycles. The van der Waals surface area contributed by atoms with Crippen LogP contribution in [0, 0.1) is 30.1 Å². The van der Waals surface area contributed by atoms with Crippen LogP contribution in [0.15, 0.2) is 10.7 Å². The first-order chi connectivity index (χ1) is 10.8. The van der Waals surface area contributed by atoms with Gasteiger partial charge in [-0.05, 0) is 24.8 Å². The molecule has 0 spiro atoms. The maximum atomic E-state index is 12.6. The molecule has 4 nitrogen and oxygen atoms in total. The number of hydrogen-bond acceptors (Lipinski definition) is 4. The second kappa shape index (κ2) is 5.50. The number of fused-ring (bicyclic) bond motifs is 2. The average molecular weight is 318 g/mol. The van der Waals surface area contributed by atoms with Crippen molar-refractivity contribution >= 4 is 11.8 Å². The number of esters is 1. The van der Waals surface area contributed by atoms with Gasteiger partial charge in [0.1, 0.15) is 17.6 Å². The summed E-state index contributed by atoms with van der Waals surface area (Å²) in [5.41, 5.74) is 1.63. The molecule has 0 bridgehead atoms. The number of hydrogen-bond donors (Lipinski definition) is 0. The zero-order valence-electron chi connectivity index (χ0n) is 14.6. The summed E-state index contributed by atoms with van der Waals surface area (Å²) in [6, 6.07) is 0. The van der Waals surface area contributed by atoms with Crippen LogP contribution in [0.2, 0.25) is 0 Å². The van der Waals surface area contributed by atoms with Gasteiger partial charge in [-0.3, -0.25) is 9.59 Å². The number of aryl methyl sites for hydroxylation is 1. The van der Waals surface area contributed by atoms with Crippen molar-refractivity contribution < 1.29 is 18.7 Å². The molecule has 1 aromatic heterocycles. The molecule has 4 heteroatoms. The smallest absolute Gasteiger partial charge is 0.309 e. The van der Waals surface area contributed by atoms with Crippen LogP contribution >= 0.6 is 0 Å². The standard InChI is InChI=1S/C19H26O4/c1-10(2)18(21)23-17-16-11(3)9-22-15(16)8-13-14(20)7-6-12(4)19(13,17)5/h9-10,12-13,17H,6-8H2,1-5H3/t12-,13+,17+,19+/m0/s1. The van der Waals surface area contributed by atoms with Gasteiger partial charge in [0, 0.05) is 29.7 Å². The van der Waals surface area contributed by atoms with Gasteiger partial charge in [0.15, 0.2) is 0 Å². The number of furan rings is 1. The number of carbonyl (C=O) groups excluding carboxylic acids is 2. The summed E-state index contributed by atoms with van der Waals surface area (Å²) >= 11 is 0. The Labute approximate surface area is 137 Å². The Morgan fingerprint density at radius 3 is 2.78 bits per heavy atom. The lowest BCUT2D eigenvalue weighted by Crippen LogP contribution is -2.51. The van der Waals surface area contributed by atoms with Crippen LogP contribution in [0.5, 0.6) is 0 Å². The van der Waals surface area contributed by atoms with Crippen molar-refractivity contribution in [1.29, 1.82) is 0 Å². The van der Waals surface area contributed by atoms with Gasteiger partial charge in [0.25, 0.3) is 0 Å². The van der Waals surface area contributed by atoms with Gasteiger partial charge >= 0.3 is 5.97 Å². The SMILES string of the molecule is Cc1coc2c1[C@@H](OC(=O)C(C)C)[C@@]1(C)[C@H](C2)C(=O)CC[C@@H]1C. The van der Waals surface area contributed by atoms with E-state index in [2.05, 4.69) is 13.8 Å². The Balaban J connectivity index is 2.11. The van der Waals surface area contributed by atoms with E-state index in [1.54, 1.807) is 6.26 Å². The van der Waals surface area contributed by atoms with E-state index in [4.69, 9.17) is 9.15 Å². The first kappa shape index (κ1) is 16.3. The van der Waals surface area contributed by atoms with Crippen molar-refractivity contribution in [2.24, 2.45) is 23.2 Å². The Morgan fingerprint density at radius 2 is 2.13 bits per heavy atom. The Kier molecular flexibility index (Phi) is 3.89. The molecule has 1 saturated carbocycles. The van der Waals surface area contributed by atoms with E-state index < -0.39 is 6.10 Å². The van der Waals surface area contributed by atoms with E-state index in [0.717, 1.165) is 23.3 Å². The predicted octanol–water partition coefficient (Wildman–Crippen LogP) is 4.01. The van der Waals surface area contributed by atoms with Crippen molar-refractivity contribution in [2.75, 3.05) is 0 Å². The zero-order valence-corrected chi connectivity index (χ0v) is 14.6. The lowest BCUT2D eigenvalue weighted by molar-refractivity contribution is -0.176. The van der Waals surface area contributed by atoms with Crippen LogP contribution in [0.1, 0.15) is 63.5 Å². The number of rotatable bonds is 2. The quantitative estimate of drug-likeness (QED) is 0.773. The second-order valence-corrected chi connectivity index (χ2v) is 7.76. The second-order valence-electron chi connectivity index (χ2n) is 7.76. The van der Waals surface area contributed by atoms with Crippen LogP contribution < -0.4 is 0 Å². The minimum absolute atomic E-state index is 0.130. The molecule has 1 aromatic rings. The molecule has 0 saturated heterocycles. The number of carbonyl (C=O) groups is 2. The third kappa shape index (κ3) is 2.34. The monoisotopic (exact) mass is 318 g/mol. The van der Waals surface area contributed by atoms with Crippen molar-refractivity contribution in [3.63, 3.8) is 0 Å². The van der Waals surface area contributed by atoms with E-state index in [1.807, 2.05) is 20.8 Å². The van der Waals surface area contributed by atoms with Crippen LogP contribution in [0.3, 0.4) is 0 Å². The predicted molar refractivity (Wildman–Crippen MR) is 85.8 cm³/mol. The van der Waals surface area contributed by atoms with Gasteiger partial charge in [0.05, 0.1) is 12.2 Å². The van der Waals surface area contributed by atoms with E-state index in [0.29, 0.717) is 18.8 Å². The van der Waals surface area contributed by atoms with Crippen molar-refractivity contribution in [3.05, 3.63) is 23.2 Å². The Morgan fingerprint density at radius 1 is 1.43 bits per heavy atom. The molecule has 1 fully saturated rings. The van der Waals surface area contributed by atoms with Crippen molar-refractivity contribution in [1.82, 2.24) is 0 Å². The van der Waals surface area contributed by atoms with E-state index in [-0.39, 0.29) is 29.0 Å². The van der Waals surface area contributed by atoms with Crippen LogP contribution in [-0.2, 0) is 20.7 Å². The summed E-state index contributed by atoms with van der Waals surface area (Å²) < 4.78 is 11.7. The number of ether oxygens (including phenoxy) is 1. The highest BCUT2D eigenvalue weighted by Gasteiger charge is 2.57. The molecule has 23 heavy (non-hydrogen) atoms. The van der Waals surface area contributed by atoms with Gasteiger partial charge in [-0.25, -0.2) is 0 Å². The summed E-state index contributed by atoms with van der Waals surface area (Å²) in [4.78, 5) is 24.9. The molecule has 0 unspecified atom stereocenters. The Hall–Kier alpha value is -1.58. The maximum Gasteiger partial charge on any atom is 0.309 e. The number of ketones is 1. The topological polar surface area (TPSA) is 56.5 Å². The zero-order chi connectivity index (χ0) is 16.9. The summed E-state index contributed by atoms with van der Waals surface area (Å²) in [6.45, 7) is 9.95. The van der Waals surface area contributed by atoms with Gasteiger partial charge in [0.2, 0.25) is 0 Å². The third-order valence-electron chi connectivity index (χ3n) is 6.05. The minimum atomic E-state index is -0.399. The molecule has 4 atom stereocenters. The van der Waals surface area contributed by atoms with Gasteiger partial charge in [-0.15, -0.1) is 0 Å². The summed E-state index contributed by atoms with van der Waals surface area (Å²) in [6.07, 6.45) is 3.41. The molecule has 126 valence electrons. The lowest BCUT2D eigenvalue weighted by Gasteiger charge is -2.51.